The van der Waals surface area contributed by atoms with Crippen molar-refractivity contribution in [2.75, 3.05) is 5.32 Å². The van der Waals surface area contributed by atoms with Gasteiger partial charge in [0.1, 0.15) is 17.2 Å². The van der Waals surface area contributed by atoms with Crippen LogP contribution < -0.4 is 5.32 Å². The first kappa shape index (κ1) is 18.7. The summed E-state index contributed by atoms with van der Waals surface area (Å²) >= 11 is 6.37. The number of rotatable bonds is 11. The molecule has 0 aromatic carbocycles. The Bertz CT molecular complexity index is 585. The minimum absolute atomic E-state index is 0.413. The third-order valence-corrected chi connectivity index (χ3v) is 4.71. The van der Waals surface area contributed by atoms with Crippen molar-refractivity contribution < 1.29 is 0 Å². The van der Waals surface area contributed by atoms with E-state index in [1.54, 1.807) is 6.33 Å². The summed E-state index contributed by atoms with van der Waals surface area (Å²) in [5.74, 6) is 0.774. The Labute approximate surface area is 149 Å². The number of hydrogen-bond acceptors (Lipinski definition) is 4. The van der Waals surface area contributed by atoms with Crippen molar-refractivity contribution >= 4 is 17.4 Å². The van der Waals surface area contributed by atoms with Crippen molar-refractivity contribution in [1.29, 1.82) is 0 Å². The van der Waals surface area contributed by atoms with Crippen LogP contribution in [0.2, 0.25) is 5.02 Å². The third-order valence-electron chi connectivity index (χ3n) is 4.31. The molecule has 0 saturated carbocycles. The molecule has 24 heavy (non-hydrogen) atoms. The highest BCUT2D eigenvalue weighted by Gasteiger charge is 2.12. The van der Waals surface area contributed by atoms with Gasteiger partial charge in [-0.05, 0) is 25.7 Å². The van der Waals surface area contributed by atoms with Crippen LogP contribution in [0.1, 0.15) is 58.1 Å². The van der Waals surface area contributed by atoms with Gasteiger partial charge in [-0.1, -0.05) is 44.7 Å². The van der Waals surface area contributed by atoms with Crippen molar-refractivity contribution in [3.05, 3.63) is 35.8 Å². The molecule has 132 valence electrons. The van der Waals surface area contributed by atoms with E-state index in [1.807, 2.05) is 18.7 Å². The lowest BCUT2D eigenvalue weighted by molar-refractivity contribution is 0.530. The molecule has 2 aromatic rings. The highest BCUT2D eigenvalue weighted by atomic mass is 35.5. The van der Waals surface area contributed by atoms with E-state index in [2.05, 4.69) is 38.7 Å². The van der Waals surface area contributed by atoms with E-state index in [0.29, 0.717) is 11.1 Å². The molecule has 5 nitrogen and oxygen atoms in total. The molecule has 1 N–H and O–H groups in total. The fraction of sp³-hybridized carbons (Fsp3) is 0.611. The van der Waals surface area contributed by atoms with E-state index >= 15 is 0 Å². The maximum atomic E-state index is 6.37. The minimum Gasteiger partial charge on any atom is -0.366 e. The molecule has 1 unspecified atom stereocenters. The molecule has 0 aliphatic carbocycles. The van der Waals surface area contributed by atoms with Gasteiger partial charge in [0, 0.05) is 25.0 Å². The van der Waals surface area contributed by atoms with Crippen LogP contribution in [0.25, 0.3) is 0 Å². The molecule has 0 saturated heterocycles. The Morgan fingerprint density at radius 2 is 2.00 bits per heavy atom. The largest absolute Gasteiger partial charge is 0.366 e. The number of anilines is 1. The van der Waals surface area contributed by atoms with Gasteiger partial charge in [0.05, 0.1) is 12.0 Å². The Hall–Kier alpha value is -1.62. The zero-order valence-electron chi connectivity index (χ0n) is 14.7. The molecule has 0 aliphatic heterocycles. The van der Waals surface area contributed by atoms with E-state index in [0.717, 1.165) is 37.3 Å². The summed E-state index contributed by atoms with van der Waals surface area (Å²) in [5.41, 5.74) is 0.906. The summed E-state index contributed by atoms with van der Waals surface area (Å²) in [6.07, 6.45) is 15.3. The molecular formula is C18H28ClN5. The van der Waals surface area contributed by atoms with E-state index < -0.39 is 0 Å². The minimum atomic E-state index is 0.413. The fourth-order valence-electron chi connectivity index (χ4n) is 2.78. The number of aromatic nitrogens is 4. The van der Waals surface area contributed by atoms with E-state index in [9.17, 15) is 0 Å². The van der Waals surface area contributed by atoms with Crippen LogP contribution in [0.15, 0.2) is 25.0 Å². The van der Waals surface area contributed by atoms with Gasteiger partial charge in [-0.2, -0.15) is 0 Å². The number of nitrogens with zero attached hydrogens (tertiary/aromatic N) is 4. The van der Waals surface area contributed by atoms with Gasteiger partial charge in [0.25, 0.3) is 0 Å². The molecule has 0 aliphatic rings. The van der Waals surface area contributed by atoms with Crippen LogP contribution in [0.4, 0.5) is 5.82 Å². The van der Waals surface area contributed by atoms with Gasteiger partial charge in [-0.15, -0.1) is 0 Å². The summed E-state index contributed by atoms with van der Waals surface area (Å²) in [4.78, 5) is 12.6. The second-order valence-electron chi connectivity index (χ2n) is 6.09. The Morgan fingerprint density at radius 1 is 1.17 bits per heavy atom. The zero-order valence-corrected chi connectivity index (χ0v) is 15.5. The Morgan fingerprint density at radius 3 is 2.71 bits per heavy atom. The standard InChI is InChI=1S/C18H28ClN5/c1-3-15(23-18-17(19)16(4-2)21-13-22-18)9-7-5-6-8-11-24-12-10-20-14-24/h10,12-15H,3-9,11H2,1-2H3,(H,21,22,23). The number of hydrogen-bond donors (Lipinski definition) is 1. The van der Waals surface area contributed by atoms with Gasteiger partial charge in [0.15, 0.2) is 0 Å². The summed E-state index contributed by atoms with van der Waals surface area (Å²) in [6.45, 7) is 5.32. The predicted molar refractivity (Wildman–Crippen MR) is 99.4 cm³/mol. The quantitative estimate of drug-likeness (QED) is 0.596. The third kappa shape index (κ3) is 5.78. The average molecular weight is 350 g/mol. The van der Waals surface area contributed by atoms with Crippen LogP contribution in [0.5, 0.6) is 0 Å². The SMILES string of the molecule is CCc1ncnc(NC(CC)CCCCCCn2ccnc2)c1Cl. The molecule has 0 bridgehead atoms. The topological polar surface area (TPSA) is 55.6 Å². The van der Waals surface area contributed by atoms with Crippen LogP contribution >= 0.6 is 11.6 Å². The second kappa shape index (κ2) is 10.3. The molecule has 0 fully saturated rings. The van der Waals surface area contributed by atoms with Crippen molar-refractivity contribution in [3.63, 3.8) is 0 Å². The average Bonchev–Trinajstić information content (AvgIpc) is 3.11. The van der Waals surface area contributed by atoms with Crippen LogP contribution in [-0.4, -0.2) is 25.6 Å². The number of aryl methyl sites for hydroxylation is 2. The van der Waals surface area contributed by atoms with Crippen molar-refractivity contribution in [3.8, 4) is 0 Å². The molecule has 6 heteroatoms. The fourth-order valence-corrected chi connectivity index (χ4v) is 3.07. The smallest absolute Gasteiger partial charge is 0.148 e. The molecule has 0 radical (unpaired) electrons. The van der Waals surface area contributed by atoms with E-state index in [1.165, 1.54) is 25.7 Å². The maximum Gasteiger partial charge on any atom is 0.148 e. The van der Waals surface area contributed by atoms with Gasteiger partial charge < -0.3 is 9.88 Å². The molecular weight excluding hydrogens is 322 g/mol. The summed E-state index contributed by atoms with van der Waals surface area (Å²) in [6, 6.07) is 0.413. The first-order chi connectivity index (χ1) is 11.7. The summed E-state index contributed by atoms with van der Waals surface area (Å²) in [5, 5.41) is 4.16. The van der Waals surface area contributed by atoms with Gasteiger partial charge >= 0.3 is 0 Å². The second-order valence-corrected chi connectivity index (χ2v) is 6.47. The first-order valence-corrected chi connectivity index (χ1v) is 9.34. The summed E-state index contributed by atoms with van der Waals surface area (Å²) < 4.78 is 2.14. The molecule has 0 spiro atoms. The normalized spacial score (nSPS) is 12.3. The van der Waals surface area contributed by atoms with Gasteiger partial charge in [0.2, 0.25) is 0 Å². The molecule has 2 rings (SSSR count). The molecule has 2 heterocycles. The molecule has 1 atom stereocenters. The van der Waals surface area contributed by atoms with E-state index in [-0.39, 0.29) is 0 Å². The highest BCUT2D eigenvalue weighted by Crippen LogP contribution is 2.24. The lowest BCUT2D eigenvalue weighted by atomic mass is 10.0. The first-order valence-electron chi connectivity index (χ1n) is 8.96. The summed E-state index contributed by atoms with van der Waals surface area (Å²) in [7, 11) is 0. The van der Waals surface area contributed by atoms with Gasteiger partial charge in [-0.3, -0.25) is 0 Å². The molecule has 2 aromatic heterocycles. The number of imidazole rings is 1. The van der Waals surface area contributed by atoms with Crippen LogP contribution in [0.3, 0.4) is 0 Å². The van der Waals surface area contributed by atoms with Crippen LogP contribution in [-0.2, 0) is 13.0 Å². The lowest BCUT2D eigenvalue weighted by Crippen LogP contribution is -2.19. The maximum absolute atomic E-state index is 6.37. The number of nitrogens with one attached hydrogen (secondary N) is 1. The van der Waals surface area contributed by atoms with Crippen LogP contribution in [0, 0.1) is 0 Å². The predicted octanol–water partition coefficient (Wildman–Crippen LogP) is 4.73. The molecule has 0 amide bonds. The van der Waals surface area contributed by atoms with Crippen molar-refractivity contribution in [2.24, 2.45) is 0 Å². The Balaban J connectivity index is 1.68. The monoisotopic (exact) mass is 349 g/mol. The van der Waals surface area contributed by atoms with Crippen molar-refractivity contribution in [1.82, 2.24) is 19.5 Å². The van der Waals surface area contributed by atoms with Crippen molar-refractivity contribution in [2.45, 2.75) is 71.4 Å². The Kier molecular flexibility index (Phi) is 8.02. The number of halogens is 1. The lowest BCUT2D eigenvalue weighted by Gasteiger charge is -2.18. The zero-order chi connectivity index (χ0) is 17.2. The number of unbranched alkanes of at least 4 members (excludes halogenated alkanes) is 3. The van der Waals surface area contributed by atoms with E-state index in [4.69, 9.17) is 11.6 Å². The van der Waals surface area contributed by atoms with Gasteiger partial charge in [-0.25, -0.2) is 15.0 Å². The highest BCUT2D eigenvalue weighted by molar-refractivity contribution is 6.33.